The van der Waals surface area contributed by atoms with Crippen LogP contribution in [-0.2, 0) is 17.6 Å². The molecule has 1 aromatic rings. The fraction of sp³-hybridized carbons (Fsp3) is 0.593. The largest absolute Gasteiger partial charge is 0.362 e. The van der Waals surface area contributed by atoms with Gasteiger partial charge in [0.05, 0.1) is 0 Å². The molecule has 170 valence electrons. The molecule has 1 heterocycles. The third-order valence-corrected chi connectivity index (χ3v) is 6.15. The summed E-state index contributed by atoms with van der Waals surface area (Å²) >= 11 is 0. The normalized spacial score (nSPS) is 19.3. The van der Waals surface area contributed by atoms with Crippen molar-refractivity contribution in [1.82, 2.24) is 4.98 Å². The van der Waals surface area contributed by atoms with Crippen LogP contribution in [0.5, 0.6) is 0 Å². The van der Waals surface area contributed by atoms with Crippen molar-refractivity contribution in [3.05, 3.63) is 53.4 Å². The lowest BCUT2D eigenvalue weighted by atomic mass is 9.76. The number of allylic oxidation sites excluding steroid dienone is 3. The fourth-order valence-corrected chi connectivity index (χ4v) is 4.62. The van der Waals surface area contributed by atoms with Crippen LogP contribution >= 0.6 is 0 Å². The van der Waals surface area contributed by atoms with E-state index in [4.69, 9.17) is 4.79 Å². The zero-order chi connectivity index (χ0) is 23.1. The highest BCUT2D eigenvalue weighted by Crippen LogP contribution is 2.39. The Kier molecular flexibility index (Phi) is 14.9. The minimum Gasteiger partial charge on any atom is -0.362 e. The molecule has 0 radical (unpaired) electrons. The van der Waals surface area contributed by atoms with E-state index in [-0.39, 0.29) is 0 Å². The van der Waals surface area contributed by atoms with Gasteiger partial charge in [0.2, 0.25) is 0 Å². The van der Waals surface area contributed by atoms with Crippen molar-refractivity contribution in [2.75, 3.05) is 7.05 Å². The zero-order valence-corrected chi connectivity index (χ0v) is 20.2. The summed E-state index contributed by atoms with van der Waals surface area (Å²) in [5.41, 5.74) is 11.7. The van der Waals surface area contributed by atoms with Gasteiger partial charge in [-0.25, -0.2) is 0 Å². The summed E-state index contributed by atoms with van der Waals surface area (Å²) in [6, 6.07) is 0. The summed E-state index contributed by atoms with van der Waals surface area (Å²) in [7, 11) is 1.50. The highest BCUT2D eigenvalue weighted by molar-refractivity contribution is 5.61. The molecule has 3 nitrogen and oxygen atoms in total. The van der Waals surface area contributed by atoms with Crippen molar-refractivity contribution in [3.63, 3.8) is 0 Å². The van der Waals surface area contributed by atoms with Crippen LogP contribution in [-0.4, -0.2) is 18.8 Å². The van der Waals surface area contributed by atoms with Crippen LogP contribution in [0.3, 0.4) is 0 Å². The van der Waals surface area contributed by atoms with Crippen LogP contribution in [0.2, 0.25) is 0 Å². The average Bonchev–Trinajstić information content (AvgIpc) is 3.13. The molecule has 1 saturated carbocycles. The monoisotopic (exact) mass is 414 g/mol. The smallest absolute Gasteiger partial charge is 0.106 e. The van der Waals surface area contributed by atoms with Crippen LogP contribution in [0.1, 0.15) is 94.7 Å². The zero-order valence-electron chi connectivity index (χ0n) is 20.2. The number of rotatable bonds is 9. The molecule has 1 aliphatic carbocycles. The number of H-pyrrole nitrogens is 1. The highest BCUT2D eigenvalue weighted by atomic mass is 16.1. The van der Waals surface area contributed by atoms with Gasteiger partial charge >= 0.3 is 0 Å². The van der Waals surface area contributed by atoms with Gasteiger partial charge in [-0.2, -0.15) is 0 Å². The van der Waals surface area contributed by atoms with Gasteiger partial charge in [-0.05, 0) is 68.0 Å². The van der Waals surface area contributed by atoms with E-state index in [1.165, 1.54) is 67.2 Å². The number of carbonyl (C=O) groups excluding carboxylic acids is 1. The maximum atomic E-state index is 8.00. The Morgan fingerprint density at radius 2 is 1.77 bits per heavy atom. The van der Waals surface area contributed by atoms with Crippen LogP contribution in [0.25, 0.3) is 6.08 Å². The van der Waals surface area contributed by atoms with Crippen molar-refractivity contribution in [2.24, 2.45) is 17.6 Å². The molecule has 30 heavy (non-hydrogen) atoms. The Balaban J connectivity index is 0.00000198. The summed E-state index contributed by atoms with van der Waals surface area (Å²) in [5, 5.41) is 0. The maximum Gasteiger partial charge on any atom is 0.106 e. The van der Waals surface area contributed by atoms with Gasteiger partial charge in [-0.1, -0.05) is 83.9 Å². The molecule has 0 bridgehead atoms. The summed E-state index contributed by atoms with van der Waals surface area (Å²) in [6.45, 7) is 19.7. The summed E-state index contributed by atoms with van der Waals surface area (Å²) < 4.78 is 0. The highest BCUT2D eigenvalue weighted by Gasteiger charge is 2.24. The number of aromatic nitrogens is 1. The minimum absolute atomic E-state index is 0.518. The van der Waals surface area contributed by atoms with Crippen LogP contribution in [0.4, 0.5) is 0 Å². The lowest BCUT2D eigenvalue weighted by Crippen LogP contribution is -2.15. The number of aromatic amines is 1. The van der Waals surface area contributed by atoms with Crippen LogP contribution < -0.4 is 5.73 Å². The van der Waals surface area contributed by atoms with Crippen LogP contribution in [0.15, 0.2) is 30.9 Å². The van der Waals surface area contributed by atoms with Crippen molar-refractivity contribution in [3.8, 4) is 0 Å². The Labute approximate surface area is 185 Å². The van der Waals surface area contributed by atoms with Gasteiger partial charge in [0.15, 0.2) is 0 Å². The Hall–Kier alpha value is -1.87. The second kappa shape index (κ2) is 15.9. The third-order valence-electron chi connectivity index (χ3n) is 6.15. The van der Waals surface area contributed by atoms with Crippen molar-refractivity contribution >= 4 is 12.9 Å². The number of hydrogen-bond donors (Lipinski definition) is 2. The van der Waals surface area contributed by atoms with E-state index in [0.29, 0.717) is 5.92 Å². The van der Waals surface area contributed by atoms with Crippen LogP contribution in [0, 0.1) is 11.8 Å². The first-order valence-electron chi connectivity index (χ1n) is 11.6. The molecule has 0 aromatic carbocycles. The molecule has 0 saturated heterocycles. The molecule has 1 aliphatic rings. The topological polar surface area (TPSA) is 58.9 Å². The lowest BCUT2D eigenvalue weighted by Gasteiger charge is -2.29. The average molecular weight is 415 g/mol. The summed E-state index contributed by atoms with van der Waals surface area (Å²) in [6.07, 6.45) is 16.1. The number of nitrogens with two attached hydrogens (primary N) is 1. The minimum atomic E-state index is 0.518. The van der Waals surface area contributed by atoms with Gasteiger partial charge in [0.1, 0.15) is 6.79 Å². The second-order valence-corrected chi connectivity index (χ2v) is 8.33. The van der Waals surface area contributed by atoms with Gasteiger partial charge in [-0.3, -0.25) is 0 Å². The van der Waals surface area contributed by atoms with Crippen molar-refractivity contribution < 1.29 is 4.79 Å². The molecule has 1 aromatic heterocycles. The molecule has 0 amide bonds. The van der Waals surface area contributed by atoms with E-state index in [1.54, 1.807) is 0 Å². The van der Waals surface area contributed by atoms with E-state index >= 15 is 0 Å². The predicted octanol–water partition coefficient (Wildman–Crippen LogP) is 6.99. The first-order valence-corrected chi connectivity index (χ1v) is 11.6. The number of carbonyl (C=O) groups is 1. The molecule has 2 rings (SSSR count). The van der Waals surface area contributed by atoms with Gasteiger partial charge in [0, 0.05) is 11.4 Å². The van der Waals surface area contributed by atoms with Gasteiger partial charge in [0.25, 0.3) is 0 Å². The second-order valence-electron chi connectivity index (χ2n) is 8.33. The quantitative estimate of drug-likeness (QED) is 0.338. The lowest BCUT2D eigenvalue weighted by molar-refractivity contribution is -0.0979. The van der Waals surface area contributed by atoms with Crippen molar-refractivity contribution in [2.45, 2.75) is 85.0 Å². The SMILES string of the molecule is C=C/C=C\c1c(CC)[nH]c(CCC)c1C(C)CC(=C)C1CCC(C)CC1.C=O.CN. The molecular weight excluding hydrogens is 368 g/mol. The molecule has 1 unspecified atom stereocenters. The molecule has 1 fully saturated rings. The summed E-state index contributed by atoms with van der Waals surface area (Å²) in [5.74, 6) is 2.16. The summed E-state index contributed by atoms with van der Waals surface area (Å²) in [4.78, 5) is 11.7. The van der Waals surface area contributed by atoms with E-state index in [1.807, 2.05) is 12.9 Å². The van der Waals surface area contributed by atoms with E-state index in [0.717, 1.165) is 31.1 Å². The Bertz CT molecular complexity index is 648. The maximum absolute atomic E-state index is 8.00. The fourth-order valence-electron chi connectivity index (χ4n) is 4.62. The molecule has 1 atom stereocenters. The Morgan fingerprint density at radius 3 is 2.27 bits per heavy atom. The Morgan fingerprint density at radius 1 is 1.17 bits per heavy atom. The number of hydrogen-bond acceptors (Lipinski definition) is 2. The standard InChI is InChI=1S/C25H39N.CH5N.CH2O/c1-7-10-12-22-23(9-3)26-24(11-8-2)25(22)20(6)17-19(5)21-15-13-18(4)14-16-21;2*1-2/h7,10,12,18,20-21,26H,1,5,8-9,11,13-17H2,2-4,6H3;2H2,1H3;1H2/b12-10-;;. The third kappa shape index (κ3) is 8.10. The number of aryl methyl sites for hydroxylation is 2. The first kappa shape index (κ1) is 28.1. The van der Waals surface area contributed by atoms with Crippen molar-refractivity contribution in [1.29, 1.82) is 0 Å². The van der Waals surface area contributed by atoms with E-state index in [2.05, 4.69) is 63.7 Å². The van der Waals surface area contributed by atoms with E-state index in [9.17, 15) is 0 Å². The number of nitrogens with one attached hydrogen (secondary N) is 1. The van der Waals surface area contributed by atoms with E-state index < -0.39 is 0 Å². The molecule has 3 heteroatoms. The molecule has 0 aliphatic heterocycles. The van der Waals surface area contributed by atoms with Gasteiger partial charge in [-0.15, -0.1) is 0 Å². The molecule has 3 N–H and O–H groups in total. The molecular formula is C27H46N2O. The first-order chi connectivity index (χ1) is 14.5. The predicted molar refractivity (Wildman–Crippen MR) is 134 cm³/mol. The molecule has 0 spiro atoms. The van der Waals surface area contributed by atoms with Gasteiger partial charge < -0.3 is 15.5 Å².